The smallest absolute Gasteiger partial charge is 0.266 e. The molecular weight excluding hydrogens is 394 g/mol. The van der Waals surface area contributed by atoms with Crippen LogP contribution in [0.3, 0.4) is 0 Å². The molecule has 8 heteroatoms. The van der Waals surface area contributed by atoms with Gasteiger partial charge in [0.25, 0.3) is 11.8 Å². The molecule has 1 heterocycles. The number of nitrogen functional groups attached to an aromatic ring is 1. The van der Waals surface area contributed by atoms with E-state index < -0.39 is 17.9 Å². The van der Waals surface area contributed by atoms with Gasteiger partial charge in [0.15, 0.2) is 0 Å². The standard InChI is InChI=1S/C21H19N5O3.C2H4/c22-17-3-1-2-15(10-17)5-4-14-6-8-16(9-7-14)20(27)25-19(21(28)26-29)11-18-12-23-13-24-18;1-2/h1-3,6-10,12-13,19,29H,11,22H2,(H,23,24)(H,25,27)(H,26,28);1-2H2/t19-;/m0./s1. The number of rotatable bonds is 5. The second-order valence-corrected chi connectivity index (χ2v) is 6.24. The topological polar surface area (TPSA) is 133 Å². The third kappa shape index (κ3) is 6.88. The Bertz CT molecular complexity index is 1070. The Morgan fingerprint density at radius 3 is 2.45 bits per heavy atom. The molecule has 3 aromatic rings. The number of H-pyrrole nitrogens is 1. The first-order chi connectivity index (χ1) is 15.0. The average molecular weight is 417 g/mol. The van der Waals surface area contributed by atoms with Crippen LogP contribution < -0.4 is 16.5 Å². The number of nitrogens with zero attached hydrogens (tertiary/aromatic N) is 1. The van der Waals surface area contributed by atoms with E-state index >= 15 is 0 Å². The maximum atomic E-state index is 12.5. The normalized spacial score (nSPS) is 10.5. The predicted octanol–water partition coefficient (Wildman–Crippen LogP) is 2.04. The van der Waals surface area contributed by atoms with Crippen LogP contribution in [-0.4, -0.2) is 33.0 Å². The van der Waals surface area contributed by atoms with Crippen LogP contribution in [0.15, 0.2) is 74.2 Å². The minimum absolute atomic E-state index is 0.155. The molecule has 2 amide bonds. The van der Waals surface area contributed by atoms with Gasteiger partial charge in [-0.25, -0.2) is 10.5 Å². The first-order valence-corrected chi connectivity index (χ1v) is 9.25. The molecule has 0 aliphatic heterocycles. The number of imidazole rings is 1. The fourth-order valence-electron chi connectivity index (χ4n) is 2.61. The molecule has 0 saturated heterocycles. The molecule has 2 aromatic carbocycles. The first kappa shape index (κ1) is 22.9. The highest BCUT2D eigenvalue weighted by Gasteiger charge is 2.22. The van der Waals surface area contributed by atoms with Crippen LogP contribution in [0.1, 0.15) is 27.2 Å². The molecule has 0 bridgehead atoms. The van der Waals surface area contributed by atoms with Crippen molar-refractivity contribution in [3.05, 3.63) is 96.6 Å². The molecule has 0 saturated carbocycles. The van der Waals surface area contributed by atoms with Crippen molar-refractivity contribution in [2.75, 3.05) is 5.73 Å². The Morgan fingerprint density at radius 1 is 1.13 bits per heavy atom. The summed E-state index contributed by atoms with van der Waals surface area (Å²) in [6, 6.07) is 12.9. The summed E-state index contributed by atoms with van der Waals surface area (Å²) in [5.74, 6) is 4.84. The van der Waals surface area contributed by atoms with Gasteiger partial charge in [0, 0.05) is 40.7 Å². The van der Waals surface area contributed by atoms with Crippen molar-refractivity contribution in [2.24, 2.45) is 0 Å². The molecule has 1 aromatic heterocycles. The molecule has 6 N–H and O–H groups in total. The summed E-state index contributed by atoms with van der Waals surface area (Å²) < 4.78 is 0. The number of nitrogens with two attached hydrogens (primary N) is 1. The van der Waals surface area contributed by atoms with Crippen LogP contribution in [0.2, 0.25) is 0 Å². The number of hydroxylamine groups is 1. The van der Waals surface area contributed by atoms with Crippen molar-refractivity contribution >= 4 is 17.5 Å². The second kappa shape index (κ2) is 11.6. The van der Waals surface area contributed by atoms with Crippen LogP contribution in [0.4, 0.5) is 5.69 Å². The quantitative estimate of drug-likeness (QED) is 0.142. The minimum Gasteiger partial charge on any atom is -0.399 e. The molecule has 0 radical (unpaired) electrons. The zero-order chi connectivity index (χ0) is 22.6. The highest BCUT2D eigenvalue weighted by molar-refractivity contribution is 5.97. The van der Waals surface area contributed by atoms with E-state index in [4.69, 9.17) is 10.9 Å². The van der Waals surface area contributed by atoms with Crippen molar-refractivity contribution in [2.45, 2.75) is 12.5 Å². The molecule has 158 valence electrons. The number of hydrogen-bond acceptors (Lipinski definition) is 5. The summed E-state index contributed by atoms with van der Waals surface area (Å²) in [6.45, 7) is 6.00. The Kier molecular flexibility index (Phi) is 8.58. The number of anilines is 1. The number of nitrogens with one attached hydrogen (secondary N) is 3. The van der Waals surface area contributed by atoms with Gasteiger partial charge in [-0.15, -0.1) is 13.2 Å². The summed E-state index contributed by atoms with van der Waals surface area (Å²) >= 11 is 0. The average Bonchev–Trinajstić information content (AvgIpc) is 3.31. The van der Waals surface area contributed by atoms with Crippen molar-refractivity contribution in [3.8, 4) is 11.8 Å². The second-order valence-electron chi connectivity index (χ2n) is 6.24. The van der Waals surface area contributed by atoms with Crippen LogP contribution in [0.25, 0.3) is 0 Å². The monoisotopic (exact) mass is 417 g/mol. The van der Waals surface area contributed by atoms with Crippen LogP contribution in [0, 0.1) is 11.8 Å². The van der Waals surface area contributed by atoms with E-state index in [9.17, 15) is 9.59 Å². The maximum Gasteiger partial charge on any atom is 0.266 e. The number of benzene rings is 2. The van der Waals surface area contributed by atoms with Crippen molar-refractivity contribution in [1.29, 1.82) is 0 Å². The van der Waals surface area contributed by atoms with Gasteiger partial charge in [0.2, 0.25) is 0 Å². The lowest BCUT2D eigenvalue weighted by Gasteiger charge is -2.16. The van der Waals surface area contributed by atoms with E-state index in [1.165, 1.54) is 12.5 Å². The van der Waals surface area contributed by atoms with Crippen molar-refractivity contribution in [1.82, 2.24) is 20.8 Å². The van der Waals surface area contributed by atoms with Gasteiger partial charge < -0.3 is 16.0 Å². The zero-order valence-electron chi connectivity index (χ0n) is 16.8. The molecule has 0 fully saturated rings. The molecule has 0 aliphatic rings. The predicted molar refractivity (Wildman–Crippen MR) is 118 cm³/mol. The lowest BCUT2D eigenvalue weighted by Crippen LogP contribution is -2.47. The van der Waals surface area contributed by atoms with Crippen molar-refractivity contribution < 1.29 is 14.8 Å². The molecule has 1 atom stereocenters. The maximum absolute atomic E-state index is 12.5. The van der Waals surface area contributed by atoms with Gasteiger partial charge in [-0.3, -0.25) is 14.8 Å². The summed E-state index contributed by atoms with van der Waals surface area (Å²) in [4.78, 5) is 31.1. The van der Waals surface area contributed by atoms with Crippen LogP contribution >= 0.6 is 0 Å². The van der Waals surface area contributed by atoms with Crippen LogP contribution in [-0.2, 0) is 11.2 Å². The van der Waals surface area contributed by atoms with Gasteiger partial charge in [-0.2, -0.15) is 0 Å². The summed E-state index contributed by atoms with van der Waals surface area (Å²) in [7, 11) is 0. The Morgan fingerprint density at radius 2 is 1.84 bits per heavy atom. The van der Waals surface area contributed by atoms with E-state index in [2.05, 4.69) is 40.3 Å². The first-order valence-electron chi connectivity index (χ1n) is 9.25. The summed E-state index contributed by atoms with van der Waals surface area (Å²) in [6.07, 6.45) is 3.16. The Balaban J connectivity index is 0.00000166. The Labute approximate surface area is 180 Å². The number of aromatic nitrogens is 2. The molecule has 3 rings (SSSR count). The lowest BCUT2D eigenvalue weighted by molar-refractivity contribution is -0.131. The SMILES string of the molecule is C=C.Nc1cccc(C#Cc2ccc(C(=O)N[C@@H](Cc3cnc[nH]3)C(=O)NO)cc2)c1. The third-order valence-corrected chi connectivity index (χ3v) is 4.10. The fourth-order valence-corrected chi connectivity index (χ4v) is 2.61. The van der Waals surface area contributed by atoms with E-state index in [-0.39, 0.29) is 6.42 Å². The number of aromatic amines is 1. The van der Waals surface area contributed by atoms with E-state index in [0.717, 1.165) is 11.1 Å². The molecule has 0 aliphatic carbocycles. The van der Waals surface area contributed by atoms with Crippen LogP contribution in [0.5, 0.6) is 0 Å². The summed E-state index contributed by atoms with van der Waals surface area (Å²) in [5, 5.41) is 11.5. The highest BCUT2D eigenvalue weighted by atomic mass is 16.5. The van der Waals surface area contributed by atoms with E-state index in [0.29, 0.717) is 16.9 Å². The zero-order valence-corrected chi connectivity index (χ0v) is 16.8. The largest absolute Gasteiger partial charge is 0.399 e. The van der Waals surface area contributed by atoms with Crippen molar-refractivity contribution in [3.63, 3.8) is 0 Å². The van der Waals surface area contributed by atoms with Gasteiger partial charge in [-0.05, 0) is 42.5 Å². The highest BCUT2D eigenvalue weighted by Crippen LogP contribution is 2.08. The number of hydrogen-bond donors (Lipinski definition) is 5. The summed E-state index contributed by atoms with van der Waals surface area (Å²) in [5.41, 5.74) is 10.5. The number of amides is 2. The van der Waals surface area contributed by atoms with Gasteiger partial charge >= 0.3 is 0 Å². The van der Waals surface area contributed by atoms with Gasteiger partial charge in [-0.1, -0.05) is 17.9 Å². The number of carbonyl (C=O) groups is 2. The fraction of sp³-hybridized carbons (Fsp3) is 0.0870. The van der Waals surface area contributed by atoms with Gasteiger partial charge in [0.05, 0.1) is 6.33 Å². The van der Waals surface area contributed by atoms with Gasteiger partial charge in [0.1, 0.15) is 6.04 Å². The molecule has 31 heavy (non-hydrogen) atoms. The van der Waals surface area contributed by atoms with E-state index in [1.807, 2.05) is 12.1 Å². The number of carbonyl (C=O) groups excluding carboxylic acids is 2. The third-order valence-electron chi connectivity index (χ3n) is 4.10. The molecule has 0 spiro atoms. The van der Waals surface area contributed by atoms with E-state index in [1.54, 1.807) is 41.9 Å². The lowest BCUT2D eigenvalue weighted by atomic mass is 10.1. The molecule has 0 unspecified atom stereocenters. The molecule has 8 nitrogen and oxygen atoms in total. The Hall–Kier alpha value is -4.35. The minimum atomic E-state index is -0.962. The molecular formula is C23H23N5O3.